The lowest BCUT2D eigenvalue weighted by Crippen LogP contribution is -2.15. The normalized spacial score (nSPS) is 13.7. The van der Waals surface area contributed by atoms with E-state index in [1.54, 1.807) is 31.5 Å². The van der Waals surface area contributed by atoms with Gasteiger partial charge in [0.15, 0.2) is 0 Å². The van der Waals surface area contributed by atoms with Gasteiger partial charge in [0.05, 0.1) is 12.2 Å². The number of fused-ring (bicyclic) bond motifs is 1. The Morgan fingerprint density at radius 3 is 2.71 bits per heavy atom. The van der Waals surface area contributed by atoms with Crippen molar-refractivity contribution in [1.82, 2.24) is 4.98 Å². The molecule has 2 aromatic heterocycles. The number of ether oxygens (including phenoxy) is 1. The zero-order chi connectivity index (χ0) is 16.9. The van der Waals surface area contributed by atoms with Gasteiger partial charge in [0.2, 0.25) is 0 Å². The Kier molecular flexibility index (Phi) is 5.25. The molecule has 24 heavy (non-hydrogen) atoms. The van der Waals surface area contributed by atoms with Crippen molar-refractivity contribution < 1.29 is 14.3 Å². The Bertz CT molecular complexity index is 740. The molecular weight excluding hydrogens is 324 g/mol. The average Bonchev–Trinajstić information content (AvgIpc) is 2.76. The van der Waals surface area contributed by atoms with Gasteiger partial charge in [0, 0.05) is 22.8 Å². The maximum Gasteiger partial charge on any atom is 0.341 e. The summed E-state index contributed by atoms with van der Waals surface area (Å²) in [4.78, 5) is 30.0. The summed E-state index contributed by atoms with van der Waals surface area (Å²) in [6, 6.07) is 3.30. The molecule has 3 rings (SSSR count). The van der Waals surface area contributed by atoms with Gasteiger partial charge < -0.3 is 10.1 Å². The van der Waals surface area contributed by atoms with Gasteiger partial charge in [0.25, 0.3) is 5.91 Å². The second kappa shape index (κ2) is 7.57. The molecule has 5 nitrogen and oxygen atoms in total. The van der Waals surface area contributed by atoms with Crippen LogP contribution in [0.5, 0.6) is 0 Å². The van der Waals surface area contributed by atoms with E-state index in [1.165, 1.54) is 22.6 Å². The molecule has 1 amide bonds. The Hall–Kier alpha value is -2.21. The predicted molar refractivity (Wildman–Crippen MR) is 93.7 cm³/mol. The summed E-state index contributed by atoms with van der Waals surface area (Å²) in [6.07, 6.45) is 8.32. The van der Waals surface area contributed by atoms with Gasteiger partial charge in [-0.2, -0.15) is 0 Å². The van der Waals surface area contributed by atoms with Crippen LogP contribution < -0.4 is 5.32 Å². The van der Waals surface area contributed by atoms with Crippen LogP contribution in [0.3, 0.4) is 0 Å². The summed E-state index contributed by atoms with van der Waals surface area (Å²) >= 11 is 1.50. The van der Waals surface area contributed by atoms with Gasteiger partial charge in [-0.05, 0) is 50.3 Å². The van der Waals surface area contributed by atoms with E-state index < -0.39 is 0 Å². The zero-order valence-electron chi connectivity index (χ0n) is 13.6. The molecule has 0 atom stereocenters. The molecule has 2 heterocycles. The Morgan fingerprint density at radius 1 is 1.21 bits per heavy atom. The largest absolute Gasteiger partial charge is 0.462 e. The minimum absolute atomic E-state index is 0.237. The monoisotopic (exact) mass is 344 g/mol. The lowest BCUT2D eigenvalue weighted by molar-refractivity contribution is 0.0527. The number of hydrogen-bond acceptors (Lipinski definition) is 5. The van der Waals surface area contributed by atoms with Crippen molar-refractivity contribution >= 4 is 28.2 Å². The third kappa shape index (κ3) is 3.48. The first-order chi connectivity index (χ1) is 11.7. The van der Waals surface area contributed by atoms with Crippen LogP contribution in [0.15, 0.2) is 24.5 Å². The first kappa shape index (κ1) is 16.6. The second-order valence-electron chi connectivity index (χ2n) is 5.68. The van der Waals surface area contributed by atoms with Crippen molar-refractivity contribution in [2.45, 2.75) is 39.0 Å². The van der Waals surface area contributed by atoms with Crippen LogP contribution in [0, 0.1) is 0 Å². The predicted octanol–water partition coefficient (Wildman–Crippen LogP) is 3.84. The number of rotatable bonds is 4. The number of aromatic nitrogens is 1. The molecular formula is C18H20N2O3S. The van der Waals surface area contributed by atoms with E-state index in [0.717, 1.165) is 31.2 Å². The Balaban J connectivity index is 1.94. The highest BCUT2D eigenvalue weighted by Crippen LogP contribution is 2.38. The van der Waals surface area contributed by atoms with Crippen LogP contribution in [0.2, 0.25) is 0 Å². The van der Waals surface area contributed by atoms with E-state index in [-0.39, 0.29) is 11.9 Å². The smallest absolute Gasteiger partial charge is 0.341 e. The molecule has 6 heteroatoms. The third-order valence-electron chi connectivity index (χ3n) is 4.07. The summed E-state index contributed by atoms with van der Waals surface area (Å²) in [5.74, 6) is -0.582. The van der Waals surface area contributed by atoms with Gasteiger partial charge in [-0.25, -0.2) is 4.79 Å². The fraction of sp³-hybridized carbons (Fsp3) is 0.389. The molecule has 0 aliphatic heterocycles. The molecule has 0 bridgehead atoms. The van der Waals surface area contributed by atoms with Crippen molar-refractivity contribution in [3.05, 3.63) is 46.1 Å². The van der Waals surface area contributed by atoms with Crippen molar-refractivity contribution in [2.75, 3.05) is 11.9 Å². The highest BCUT2D eigenvalue weighted by Gasteiger charge is 2.26. The highest BCUT2D eigenvalue weighted by molar-refractivity contribution is 7.17. The molecule has 1 aliphatic rings. The number of thiophene rings is 1. The number of carbonyl (C=O) groups is 2. The van der Waals surface area contributed by atoms with Crippen molar-refractivity contribution in [1.29, 1.82) is 0 Å². The van der Waals surface area contributed by atoms with Crippen LogP contribution in [0.25, 0.3) is 0 Å². The highest BCUT2D eigenvalue weighted by atomic mass is 32.1. The summed E-state index contributed by atoms with van der Waals surface area (Å²) < 4.78 is 5.23. The molecule has 0 radical (unpaired) electrons. The number of amides is 1. The van der Waals surface area contributed by atoms with E-state index in [1.807, 2.05) is 0 Å². The van der Waals surface area contributed by atoms with Crippen LogP contribution in [0.1, 0.15) is 57.3 Å². The molecule has 0 saturated carbocycles. The summed E-state index contributed by atoms with van der Waals surface area (Å²) in [6.45, 7) is 2.11. The van der Waals surface area contributed by atoms with Crippen LogP contribution in [-0.4, -0.2) is 23.5 Å². The van der Waals surface area contributed by atoms with E-state index in [9.17, 15) is 9.59 Å². The van der Waals surface area contributed by atoms with Gasteiger partial charge in [0.1, 0.15) is 5.00 Å². The van der Waals surface area contributed by atoms with Crippen molar-refractivity contribution in [2.24, 2.45) is 0 Å². The summed E-state index contributed by atoms with van der Waals surface area (Å²) in [5.41, 5.74) is 2.12. The van der Waals surface area contributed by atoms with E-state index in [2.05, 4.69) is 10.3 Å². The number of nitrogens with zero attached hydrogens (tertiary/aromatic N) is 1. The number of hydrogen-bond donors (Lipinski definition) is 1. The molecule has 2 aromatic rings. The minimum atomic E-state index is -0.345. The van der Waals surface area contributed by atoms with Gasteiger partial charge in [-0.3, -0.25) is 9.78 Å². The fourth-order valence-corrected chi connectivity index (χ4v) is 4.20. The number of anilines is 1. The first-order valence-corrected chi connectivity index (χ1v) is 9.05. The van der Waals surface area contributed by atoms with Crippen molar-refractivity contribution in [3.63, 3.8) is 0 Å². The first-order valence-electron chi connectivity index (χ1n) is 8.23. The number of esters is 1. The van der Waals surface area contributed by atoms with E-state index >= 15 is 0 Å². The lowest BCUT2D eigenvalue weighted by Gasteiger charge is -2.08. The summed E-state index contributed by atoms with van der Waals surface area (Å²) in [5, 5.41) is 3.49. The average molecular weight is 344 g/mol. The van der Waals surface area contributed by atoms with Crippen LogP contribution >= 0.6 is 11.3 Å². The van der Waals surface area contributed by atoms with Crippen LogP contribution in [-0.2, 0) is 17.6 Å². The number of aryl methyl sites for hydroxylation is 1. The summed E-state index contributed by atoms with van der Waals surface area (Å²) in [7, 11) is 0. The molecule has 126 valence electrons. The van der Waals surface area contributed by atoms with Crippen molar-refractivity contribution in [3.8, 4) is 0 Å². The van der Waals surface area contributed by atoms with E-state index in [0.29, 0.717) is 22.7 Å². The van der Waals surface area contributed by atoms with Gasteiger partial charge in [-0.15, -0.1) is 11.3 Å². The second-order valence-corrected chi connectivity index (χ2v) is 6.78. The zero-order valence-corrected chi connectivity index (χ0v) is 14.4. The molecule has 0 spiro atoms. The quantitative estimate of drug-likeness (QED) is 0.676. The number of carbonyl (C=O) groups excluding carboxylic acids is 2. The Labute approximate surface area is 145 Å². The number of nitrogens with one attached hydrogen (secondary N) is 1. The number of pyridine rings is 1. The SMILES string of the molecule is CCOC(=O)c1c(NC(=O)c2ccncc2)sc2c1CCCCC2. The molecule has 1 N–H and O–H groups in total. The molecule has 0 saturated heterocycles. The molecule has 1 aliphatic carbocycles. The topological polar surface area (TPSA) is 68.3 Å². The molecule has 0 fully saturated rings. The van der Waals surface area contributed by atoms with Crippen LogP contribution in [0.4, 0.5) is 5.00 Å². The minimum Gasteiger partial charge on any atom is -0.462 e. The lowest BCUT2D eigenvalue weighted by atomic mass is 10.1. The van der Waals surface area contributed by atoms with Gasteiger partial charge >= 0.3 is 5.97 Å². The fourth-order valence-electron chi connectivity index (χ4n) is 2.93. The maximum atomic E-state index is 12.5. The van der Waals surface area contributed by atoms with Gasteiger partial charge in [-0.1, -0.05) is 6.42 Å². The maximum absolute atomic E-state index is 12.5. The third-order valence-corrected chi connectivity index (χ3v) is 5.28. The standard InChI is InChI=1S/C18H20N2O3S/c1-2-23-18(22)15-13-6-4-3-5-7-14(13)24-17(15)20-16(21)12-8-10-19-11-9-12/h8-11H,2-7H2,1H3,(H,20,21). The molecule has 0 unspecified atom stereocenters. The molecule has 0 aromatic carbocycles. The van der Waals surface area contributed by atoms with E-state index in [4.69, 9.17) is 4.74 Å². The Morgan fingerprint density at radius 2 is 1.96 bits per heavy atom.